The van der Waals surface area contributed by atoms with Crippen LogP contribution in [-0.2, 0) is 0 Å². The fourth-order valence-corrected chi connectivity index (χ4v) is 1.59. The first kappa shape index (κ1) is 12.5. The quantitative estimate of drug-likeness (QED) is 0.568. The third-order valence-corrected chi connectivity index (χ3v) is 2.51. The Labute approximate surface area is 110 Å². The van der Waals surface area contributed by atoms with Crippen LogP contribution < -0.4 is 5.32 Å². The molecule has 0 aromatic heterocycles. The molecule has 0 aliphatic heterocycles. The lowest BCUT2D eigenvalue weighted by molar-refractivity contribution is 0.102. The minimum Gasteiger partial charge on any atom is -0.508 e. The lowest BCUT2D eigenvalue weighted by atomic mass is 10.1. The molecule has 0 unspecified atom stereocenters. The Balaban J connectivity index is 2.26. The number of aromatic hydroxyl groups is 2. The molecule has 4 heteroatoms. The SMILES string of the molecule is C#Cc1cccc(NC(=O)c2cc(O)ccc2O)c1. The summed E-state index contributed by atoms with van der Waals surface area (Å²) in [4.78, 5) is 12.0. The van der Waals surface area contributed by atoms with Crippen molar-refractivity contribution in [3.63, 3.8) is 0 Å². The highest BCUT2D eigenvalue weighted by Crippen LogP contribution is 2.23. The topological polar surface area (TPSA) is 69.6 Å². The molecule has 0 atom stereocenters. The Hall–Kier alpha value is -2.93. The number of hydrogen-bond donors (Lipinski definition) is 3. The molecule has 0 saturated heterocycles. The number of carbonyl (C=O) groups excluding carboxylic acids is 1. The monoisotopic (exact) mass is 253 g/mol. The van der Waals surface area contributed by atoms with Crippen LogP contribution in [0, 0.1) is 12.3 Å². The number of phenolic OH excluding ortho intramolecular Hbond substituents is 2. The van der Waals surface area contributed by atoms with E-state index in [4.69, 9.17) is 6.42 Å². The Kier molecular flexibility index (Phi) is 3.39. The number of anilines is 1. The lowest BCUT2D eigenvalue weighted by Gasteiger charge is -2.07. The highest BCUT2D eigenvalue weighted by atomic mass is 16.3. The van der Waals surface area contributed by atoms with Gasteiger partial charge in [0.05, 0.1) is 5.56 Å². The van der Waals surface area contributed by atoms with Crippen molar-refractivity contribution < 1.29 is 15.0 Å². The fourth-order valence-electron chi connectivity index (χ4n) is 1.59. The van der Waals surface area contributed by atoms with Gasteiger partial charge in [-0.2, -0.15) is 0 Å². The molecule has 2 aromatic rings. The van der Waals surface area contributed by atoms with Crippen LogP contribution in [0.2, 0.25) is 0 Å². The van der Waals surface area contributed by atoms with E-state index in [0.717, 1.165) is 0 Å². The van der Waals surface area contributed by atoms with Gasteiger partial charge in [-0.1, -0.05) is 12.0 Å². The smallest absolute Gasteiger partial charge is 0.259 e. The van der Waals surface area contributed by atoms with Gasteiger partial charge in [0.1, 0.15) is 11.5 Å². The zero-order chi connectivity index (χ0) is 13.8. The molecule has 4 nitrogen and oxygen atoms in total. The fraction of sp³-hybridized carbons (Fsp3) is 0. The second-order valence-corrected chi connectivity index (χ2v) is 3.88. The van der Waals surface area contributed by atoms with E-state index in [1.165, 1.54) is 18.2 Å². The Morgan fingerprint density at radius 2 is 1.95 bits per heavy atom. The highest BCUT2D eigenvalue weighted by molar-refractivity contribution is 6.06. The highest BCUT2D eigenvalue weighted by Gasteiger charge is 2.12. The van der Waals surface area contributed by atoms with E-state index in [-0.39, 0.29) is 17.1 Å². The molecule has 1 amide bonds. The molecule has 94 valence electrons. The average Bonchev–Trinajstić information content (AvgIpc) is 2.41. The van der Waals surface area contributed by atoms with E-state index < -0.39 is 5.91 Å². The maximum atomic E-state index is 12.0. The van der Waals surface area contributed by atoms with Crippen molar-refractivity contribution in [2.45, 2.75) is 0 Å². The molecule has 3 N–H and O–H groups in total. The average molecular weight is 253 g/mol. The third kappa shape index (κ3) is 2.85. The van der Waals surface area contributed by atoms with Gasteiger partial charge in [0.15, 0.2) is 0 Å². The first-order chi connectivity index (χ1) is 9.10. The van der Waals surface area contributed by atoms with Crippen LogP contribution in [0.3, 0.4) is 0 Å². The van der Waals surface area contributed by atoms with Crippen LogP contribution in [0.15, 0.2) is 42.5 Å². The van der Waals surface area contributed by atoms with Crippen molar-refractivity contribution in [2.75, 3.05) is 5.32 Å². The Bertz CT molecular complexity index is 671. The predicted molar refractivity (Wildman–Crippen MR) is 72.1 cm³/mol. The van der Waals surface area contributed by atoms with Crippen LogP contribution in [0.5, 0.6) is 11.5 Å². The molecular formula is C15H11NO3. The van der Waals surface area contributed by atoms with Gasteiger partial charge in [0, 0.05) is 11.3 Å². The van der Waals surface area contributed by atoms with Crippen molar-refractivity contribution in [1.82, 2.24) is 0 Å². The summed E-state index contributed by atoms with van der Waals surface area (Å²) >= 11 is 0. The van der Waals surface area contributed by atoms with Crippen LogP contribution in [-0.4, -0.2) is 16.1 Å². The normalized spacial score (nSPS) is 9.63. The molecule has 0 fully saturated rings. The summed E-state index contributed by atoms with van der Waals surface area (Å²) in [5.74, 6) is 1.63. The number of benzene rings is 2. The first-order valence-corrected chi connectivity index (χ1v) is 5.50. The zero-order valence-electron chi connectivity index (χ0n) is 9.92. The van der Waals surface area contributed by atoms with Gasteiger partial charge >= 0.3 is 0 Å². The standard InChI is InChI=1S/C15H11NO3/c1-2-10-4-3-5-11(8-10)16-15(19)13-9-12(17)6-7-14(13)18/h1,3-9,17-18H,(H,16,19). The van der Waals surface area contributed by atoms with Gasteiger partial charge in [-0.3, -0.25) is 4.79 Å². The summed E-state index contributed by atoms with van der Waals surface area (Å²) in [6.45, 7) is 0. The summed E-state index contributed by atoms with van der Waals surface area (Å²) in [5, 5.41) is 21.5. The molecule has 0 radical (unpaired) electrons. The van der Waals surface area contributed by atoms with Crippen LogP contribution in [0.1, 0.15) is 15.9 Å². The molecule has 0 saturated carbocycles. The zero-order valence-corrected chi connectivity index (χ0v) is 9.92. The van der Waals surface area contributed by atoms with E-state index in [1.807, 2.05) is 0 Å². The van der Waals surface area contributed by atoms with Crippen molar-refractivity contribution >= 4 is 11.6 Å². The first-order valence-electron chi connectivity index (χ1n) is 5.50. The van der Waals surface area contributed by atoms with Gasteiger partial charge in [-0.15, -0.1) is 6.42 Å². The second-order valence-electron chi connectivity index (χ2n) is 3.88. The minimum atomic E-state index is -0.525. The molecule has 19 heavy (non-hydrogen) atoms. The molecule has 0 spiro atoms. The summed E-state index contributed by atoms with van der Waals surface area (Å²) in [5.41, 5.74) is 1.15. The number of terminal acetylenes is 1. The summed E-state index contributed by atoms with van der Waals surface area (Å²) in [6, 6.07) is 10.5. The largest absolute Gasteiger partial charge is 0.508 e. The van der Waals surface area contributed by atoms with E-state index >= 15 is 0 Å². The van der Waals surface area contributed by atoms with Crippen molar-refractivity contribution in [3.8, 4) is 23.8 Å². The summed E-state index contributed by atoms with van der Waals surface area (Å²) < 4.78 is 0. The van der Waals surface area contributed by atoms with Gasteiger partial charge in [-0.05, 0) is 36.4 Å². The number of hydrogen-bond acceptors (Lipinski definition) is 3. The number of amides is 1. The molecule has 0 bridgehead atoms. The van der Waals surface area contributed by atoms with Crippen LogP contribution >= 0.6 is 0 Å². The van der Waals surface area contributed by atoms with Gasteiger partial charge in [0.25, 0.3) is 5.91 Å². The van der Waals surface area contributed by atoms with Crippen molar-refractivity contribution in [1.29, 1.82) is 0 Å². The van der Waals surface area contributed by atoms with E-state index in [9.17, 15) is 15.0 Å². The number of rotatable bonds is 2. The van der Waals surface area contributed by atoms with Gasteiger partial charge in [0.2, 0.25) is 0 Å². The van der Waals surface area contributed by atoms with Crippen molar-refractivity contribution in [3.05, 3.63) is 53.6 Å². The van der Waals surface area contributed by atoms with Crippen LogP contribution in [0.4, 0.5) is 5.69 Å². The molecular weight excluding hydrogens is 242 g/mol. The van der Waals surface area contributed by atoms with E-state index in [2.05, 4.69) is 11.2 Å². The second kappa shape index (κ2) is 5.15. The number of nitrogens with one attached hydrogen (secondary N) is 1. The predicted octanol–water partition coefficient (Wildman–Crippen LogP) is 2.33. The lowest BCUT2D eigenvalue weighted by Crippen LogP contribution is -2.12. The molecule has 0 aliphatic carbocycles. The maximum Gasteiger partial charge on any atom is 0.259 e. The van der Waals surface area contributed by atoms with Crippen LogP contribution in [0.25, 0.3) is 0 Å². The molecule has 0 aliphatic rings. The summed E-state index contributed by atoms with van der Waals surface area (Å²) in [7, 11) is 0. The van der Waals surface area contributed by atoms with Gasteiger partial charge < -0.3 is 15.5 Å². The Morgan fingerprint density at radius 1 is 1.16 bits per heavy atom. The number of phenols is 2. The molecule has 0 heterocycles. The van der Waals surface area contributed by atoms with E-state index in [1.54, 1.807) is 24.3 Å². The minimum absolute atomic E-state index is 0.00823. The molecule has 2 rings (SSSR count). The van der Waals surface area contributed by atoms with Crippen molar-refractivity contribution in [2.24, 2.45) is 0 Å². The third-order valence-electron chi connectivity index (χ3n) is 2.51. The van der Waals surface area contributed by atoms with Gasteiger partial charge in [-0.25, -0.2) is 0 Å². The van der Waals surface area contributed by atoms with E-state index in [0.29, 0.717) is 11.3 Å². The number of carbonyl (C=O) groups is 1. The summed E-state index contributed by atoms with van der Waals surface area (Å²) in [6.07, 6.45) is 5.27. The Morgan fingerprint density at radius 3 is 2.68 bits per heavy atom. The molecule has 2 aromatic carbocycles. The maximum absolute atomic E-state index is 12.0.